The highest BCUT2D eigenvalue weighted by molar-refractivity contribution is 5.37. The van der Waals surface area contributed by atoms with Gasteiger partial charge in [0.15, 0.2) is 0 Å². The summed E-state index contributed by atoms with van der Waals surface area (Å²) >= 11 is 0. The first-order valence-corrected chi connectivity index (χ1v) is 4.55. The molecule has 0 heterocycles. The minimum absolute atomic E-state index is 0.736. The van der Waals surface area contributed by atoms with E-state index in [0.717, 1.165) is 18.3 Å². The molecule has 1 aromatic carbocycles. The van der Waals surface area contributed by atoms with Gasteiger partial charge in [-0.1, -0.05) is 18.2 Å². The van der Waals surface area contributed by atoms with Crippen LogP contribution in [0.15, 0.2) is 18.2 Å². The zero-order valence-corrected chi connectivity index (χ0v) is 7.34. The van der Waals surface area contributed by atoms with Crippen molar-refractivity contribution in [1.82, 2.24) is 0 Å². The number of ether oxygens (including phenoxy) is 1. The molecule has 0 N–H and O–H groups in total. The molecule has 1 saturated carbocycles. The van der Waals surface area contributed by atoms with Crippen LogP contribution < -0.4 is 4.74 Å². The smallest absolute Gasteiger partial charge is 0.130 e. The molecule has 12 heavy (non-hydrogen) atoms. The monoisotopic (exact) mass is 161 g/mol. The maximum atomic E-state index is 5.48. The van der Waals surface area contributed by atoms with Crippen LogP contribution in [0.25, 0.3) is 0 Å². The maximum Gasteiger partial charge on any atom is 0.130 e. The molecule has 0 amide bonds. The second-order valence-electron chi connectivity index (χ2n) is 3.16. The van der Waals surface area contributed by atoms with Crippen LogP contribution in [0, 0.1) is 6.07 Å². The first-order chi connectivity index (χ1) is 5.92. The third-order valence-electron chi connectivity index (χ3n) is 2.15. The van der Waals surface area contributed by atoms with Gasteiger partial charge in [0.1, 0.15) is 5.75 Å². The molecule has 1 aliphatic rings. The fraction of sp³-hybridized carbons (Fsp3) is 0.455. The maximum absolute atomic E-state index is 5.48. The molecule has 1 heteroatoms. The van der Waals surface area contributed by atoms with Gasteiger partial charge >= 0.3 is 0 Å². The van der Waals surface area contributed by atoms with Gasteiger partial charge in [0.2, 0.25) is 0 Å². The Labute approximate surface area is 73.4 Å². The van der Waals surface area contributed by atoms with Gasteiger partial charge in [-0.05, 0) is 31.2 Å². The van der Waals surface area contributed by atoms with Crippen molar-refractivity contribution < 1.29 is 4.74 Å². The lowest BCUT2D eigenvalue weighted by atomic mass is 10.1. The Kier molecular flexibility index (Phi) is 2.03. The summed E-state index contributed by atoms with van der Waals surface area (Å²) in [7, 11) is 0. The summed E-state index contributed by atoms with van der Waals surface area (Å²) in [5.41, 5.74) is 1.35. The lowest BCUT2D eigenvalue weighted by Gasteiger charge is -2.07. The molecule has 63 valence electrons. The van der Waals surface area contributed by atoms with Gasteiger partial charge in [0.25, 0.3) is 0 Å². The van der Waals surface area contributed by atoms with Crippen LogP contribution in [0.4, 0.5) is 0 Å². The minimum atomic E-state index is 0.736. The highest BCUT2D eigenvalue weighted by atomic mass is 16.5. The summed E-state index contributed by atoms with van der Waals surface area (Å²) in [5, 5.41) is 0. The molecule has 2 rings (SSSR count). The van der Waals surface area contributed by atoms with Gasteiger partial charge in [-0.15, -0.1) is 0 Å². The van der Waals surface area contributed by atoms with Crippen molar-refractivity contribution >= 4 is 0 Å². The van der Waals surface area contributed by atoms with Gasteiger partial charge in [-0.25, -0.2) is 0 Å². The molecule has 1 radical (unpaired) electrons. The zero-order chi connectivity index (χ0) is 8.39. The van der Waals surface area contributed by atoms with E-state index in [1.54, 1.807) is 0 Å². The van der Waals surface area contributed by atoms with Crippen molar-refractivity contribution in [2.24, 2.45) is 0 Å². The van der Waals surface area contributed by atoms with E-state index in [0.29, 0.717) is 0 Å². The van der Waals surface area contributed by atoms with Crippen molar-refractivity contribution in [3.05, 3.63) is 29.8 Å². The van der Waals surface area contributed by atoms with E-state index in [4.69, 9.17) is 4.74 Å². The summed E-state index contributed by atoms with van der Waals surface area (Å²) in [6, 6.07) is 9.24. The van der Waals surface area contributed by atoms with Crippen LogP contribution >= 0.6 is 0 Å². The van der Waals surface area contributed by atoms with E-state index < -0.39 is 0 Å². The molecule has 0 saturated heterocycles. The number of hydrogen-bond donors (Lipinski definition) is 0. The van der Waals surface area contributed by atoms with E-state index in [2.05, 4.69) is 12.1 Å². The van der Waals surface area contributed by atoms with Crippen molar-refractivity contribution in [2.75, 3.05) is 6.61 Å². The minimum Gasteiger partial charge on any atom is -0.493 e. The Hall–Kier alpha value is -0.980. The Bertz CT molecular complexity index is 263. The van der Waals surface area contributed by atoms with Gasteiger partial charge < -0.3 is 4.74 Å². The highest BCUT2D eigenvalue weighted by Crippen LogP contribution is 2.43. The molecule has 0 bridgehead atoms. The third-order valence-corrected chi connectivity index (χ3v) is 2.15. The van der Waals surface area contributed by atoms with Crippen LogP contribution in [-0.4, -0.2) is 6.61 Å². The fourth-order valence-corrected chi connectivity index (χ4v) is 1.42. The van der Waals surface area contributed by atoms with E-state index >= 15 is 0 Å². The van der Waals surface area contributed by atoms with Gasteiger partial charge in [-0.2, -0.15) is 0 Å². The Morgan fingerprint density at radius 1 is 1.58 bits per heavy atom. The first-order valence-electron chi connectivity index (χ1n) is 4.55. The number of para-hydroxylation sites is 1. The van der Waals surface area contributed by atoms with Gasteiger partial charge in [0, 0.05) is 6.07 Å². The molecule has 1 aliphatic carbocycles. The van der Waals surface area contributed by atoms with E-state index in [9.17, 15) is 0 Å². The number of rotatable bonds is 3. The van der Waals surface area contributed by atoms with E-state index in [1.807, 2.05) is 19.1 Å². The molecule has 1 nitrogen and oxygen atoms in total. The molecule has 1 aromatic rings. The Morgan fingerprint density at radius 3 is 3.08 bits per heavy atom. The van der Waals surface area contributed by atoms with E-state index in [-0.39, 0.29) is 0 Å². The molecule has 0 atom stereocenters. The predicted octanol–water partition coefficient (Wildman–Crippen LogP) is 2.76. The molecule has 0 aromatic heterocycles. The molecular weight excluding hydrogens is 148 g/mol. The molecule has 0 spiro atoms. The second kappa shape index (κ2) is 3.18. The van der Waals surface area contributed by atoms with Crippen LogP contribution in [0.2, 0.25) is 0 Å². The summed E-state index contributed by atoms with van der Waals surface area (Å²) in [4.78, 5) is 0. The molecule has 0 aliphatic heterocycles. The molecule has 1 fully saturated rings. The lowest BCUT2D eigenvalue weighted by molar-refractivity contribution is 0.336. The summed E-state index contributed by atoms with van der Waals surface area (Å²) in [5.74, 6) is 1.71. The summed E-state index contributed by atoms with van der Waals surface area (Å²) < 4.78 is 5.48. The standard InChI is InChI=1S/C11H13O/c1-2-12-11-6-4-3-5-10(11)9-7-8-9/h3-5,9H,2,7-8H2,1H3. The normalized spacial score (nSPS) is 16.1. The van der Waals surface area contributed by atoms with Crippen LogP contribution in [0.3, 0.4) is 0 Å². The SMILES string of the molecule is CCOc1[c]cccc1C1CC1. The average Bonchev–Trinajstić information content (AvgIpc) is 2.89. The second-order valence-corrected chi connectivity index (χ2v) is 3.16. The quantitative estimate of drug-likeness (QED) is 0.662. The van der Waals surface area contributed by atoms with Crippen molar-refractivity contribution in [1.29, 1.82) is 0 Å². The fourth-order valence-electron chi connectivity index (χ4n) is 1.42. The van der Waals surface area contributed by atoms with Gasteiger partial charge in [-0.3, -0.25) is 0 Å². The van der Waals surface area contributed by atoms with Crippen LogP contribution in [0.1, 0.15) is 31.2 Å². The van der Waals surface area contributed by atoms with Gasteiger partial charge in [0.05, 0.1) is 6.61 Å². The van der Waals surface area contributed by atoms with Crippen molar-refractivity contribution in [3.63, 3.8) is 0 Å². The Balaban J connectivity index is 2.24. The largest absolute Gasteiger partial charge is 0.493 e. The van der Waals surface area contributed by atoms with Crippen molar-refractivity contribution in [2.45, 2.75) is 25.7 Å². The van der Waals surface area contributed by atoms with Crippen LogP contribution in [-0.2, 0) is 0 Å². The highest BCUT2D eigenvalue weighted by Gasteiger charge is 2.26. The lowest BCUT2D eigenvalue weighted by Crippen LogP contribution is -1.95. The third kappa shape index (κ3) is 1.45. The summed E-state index contributed by atoms with van der Waals surface area (Å²) in [6.07, 6.45) is 2.63. The first kappa shape index (κ1) is 7.66. The topological polar surface area (TPSA) is 9.23 Å². The molecule has 0 unspecified atom stereocenters. The average molecular weight is 161 g/mol. The molecular formula is C11H13O. The van der Waals surface area contributed by atoms with E-state index in [1.165, 1.54) is 18.4 Å². The number of hydrogen-bond acceptors (Lipinski definition) is 1. The van der Waals surface area contributed by atoms with Crippen molar-refractivity contribution in [3.8, 4) is 5.75 Å². The zero-order valence-electron chi connectivity index (χ0n) is 7.34. The van der Waals surface area contributed by atoms with Crippen LogP contribution in [0.5, 0.6) is 5.75 Å². The summed E-state index contributed by atoms with van der Waals surface area (Å²) in [6.45, 7) is 2.75. The number of benzene rings is 1. The predicted molar refractivity (Wildman–Crippen MR) is 48.4 cm³/mol. The Morgan fingerprint density at radius 2 is 2.42 bits per heavy atom.